The molecule has 1 amide bonds. The fourth-order valence-electron chi connectivity index (χ4n) is 2.74. The molecule has 0 saturated heterocycles. The third kappa shape index (κ3) is 5.62. The van der Waals surface area contributed by atoms with Crippen molar-refractivity contribution >= 4 is 39.7 Å². The molecule has 0 radical (unpaired) electrons. The maximum atomic E-state index is 12.1. The first-order valence-corrected chi connectivity index (χ1v) is 10.3. The lowest BCUT2D eigenvalue weighted by atomic mass is 10.1. The van der Waals surface area contributed by atoms with E-state index in [4.69, 9.17) is 21.1 Å². The maximum Gasteiger partial charge on any atom is 0.271 e. The third-order valence-electron chi connectivity index (χ3n) is 4.35. The standard InChI is InChI=1S/C23H20BrClN2O3/c1-15-6-3-4-7-18(15)14-30-22-20(24)10-16(11-21(22)29-2)13-26-27-23(28)17-8-5-9-19(25)12-17/h3-13H,14H2,1-2H3,(H,27,28)/b26-13-. The van der Waals surface area contributed by atoms with Gasteiger partial charge in [-0.15, -0.1) is 0 Å². The van der Waals surface area contributed by atoms with E-state index in [1.165, 1.54) is 6.21 Å². The van der Waals surface area contributed by atoms with Gasteiger partial charge in [0.2, 0.25) is 0 Å². The molecule has 0 unspecified atom stereocenters. The molecule has 154 valence electrons. The van der Waals surface area contributed by atoms with E-state index in [1.54, 1.807) is 37.4 Å². The summed E-state index contributed by atoms with van der Waals surface area (Å²) in [6, 6.07) is 18.3. The van der Waals surface area contributed by atoms with E-state index in [0.717, 1.165) is 21.2 Å². The number of halogens is 2. The molecule has 0 aliphatic rings. The molecule has 0 aliphatic carbocycles. The summed E-state index contributed by atoms with van der Waals surface area (Å²) in [6.45, 7) is 2.47. The van der Waals surface area contributed by atoms with Crippen molar-refractivity contribution in [2.24, 2.45) is 5.10 Å². The van der Waals surface area contributed by atoms with Crippen LogP contribution in [0.3, 0.4) is 0 Å². The van der Waals surface area contributed by atoms with Gasteiger partial charge in [0.1, 0.15) is 6.61 Å². The lowest BCUT2D eigenvalue weighted by Crippen LogP contribution is -2.17. The van der Waals surface area contributed by atoms with Crippen LogP contribution in [0.15, 0.2) is 70.2 Å². The van der Waals surface area contributed by atoms with Crippen molar-refractivity contribution in [3.05, 3.63) is 92.4 Å². The smallest absolute Gasteiger partial charge is 0.271 e. The fourth-order valence-corrected chi connectivity index (χ4v) is 3.50. The van der Waals surface area contributed by atoms with Crippen LogP contribution in [0.25, 0.3) is 0 Å². The maximum absolute atomic E-state index is 12.1. The SMILES string of the molecule is COc1cc(/C=N\NC(=O)c2cccc(Cl)c2)cc(Br)c1OCc1ccccc1C. The van der Waals surface area contributed by atoms with Crippen molar-refractivity contribution < 1.29 is 14.3 Å². The Labute approximate surface area is 188 Å². The summed E-state index contributed by atoms with van der Waals surface area (Å²) in [5.41, 5.74) is 5.90. The van der Waals surface area contributed by atoms with Crippen molar-refractivity contribution in [2.75, 3.05) is 7.11 Å². The van der Waals surface area contributed by atoms with E-state index in [-0.39, 0.29) is 5.91 Å². The molecule has 0 heterocycles. The lowest BCUT2D eigenvalue weighted by molar-refractivity contribution is 0.0955. The number of hydrogen-bond donors (Lipinski definition) is 1. The number of benzene rings is 3. The van der Waals surface area contributed by atoms with Crippen molar-refractivity contribution in [1.82, 2.24) is 5.43 Å². The Morgan fingerprint density at radius 2 is 1.97 bits per heavy atom. The highest BCUT2D eigenvalue weighted by Gasteiger charge is 2.12. The molecule has 0 aliphatic heterocycles. The molecule has 0 fully saturated rings. The number of ether oxygens (including phenoxy) is 2. The molecular formula is C23H20BrClN2O3. The zero-order chi connectivity index (χ0) is 21.5. The Morgan fingerprint density at radius 1 is 1.17 bits per heavy atom. The second kappa shape index (κ2) is 10.3. The number of carbonyl (C=O) groups is 1. The Bertz CT molecular complexity index is 1090. The largest absolute Gasteiger partial charge is 0.493 e. The molecule has 5 nitrogen and oxygen atoms in total. The predicted octanol–water partition coefficient (Wildman–Crippen LogP) is 5.76. The molecule has 0 atom stereocenters. The van der Waals surface area contributed by atoms with Gasteiger partial charge in [-0.25, -0.2) is 5.43 Å². The second-order valence-corrected chi connectivity index (χ2v) is 7.75. The number of methoxy groups -OCH3 is 1. The van der Waals surface area contributed by atoms with E-state index >= 15 is 0 Å². The molecule has 3 aromatic carbocycles. The summed E-state index contributed by atoms with van der Waals surface area (Å²) in [5, 5.41) is 4.50. The summed E-state index contributed by atoms with van der Waals surface area (Å²) >= 11 is 9.44. The molecule has 30 heavy (non-hydrogen) atoms. The van der Waals surface area contributed by atoms with Crippen LogP contribution >= 0.6 is 27.5 Å². The van der Waals surface area contributed by atoms with Crippen LogP contribution in [0, 0.1) is 6.92 Å². The van der Waals surface area contributed by atoms with Crippen LogP contribution in [0.1, 0.15) is 27.0 Å². The molecule has 0 saturated carbocycles. The zero-order valence-electron chi connectivity index (χ0n) is 16.5. The Morgan fingerprint density at radius 3 is 2.70 bits per heavy atom. The van der Waals surface area contributed by atoms with Gasteiger partial charge in [0.05, 0.1) is 17.8 Å². The number of amides is 1. The van der Waals surface area contributed by atoms with Crippen molar-refractivity contribution in [2.45, 2.75) is 13.5 Å². The lowest BCUT2D eigenvalue weighted by Gasteiger charge is -2.14. The average molecular weight is 488 g/mol. The number of nitrogens with zero attached hydrogens (tertiary/aromatic N) is 1. The normalized spacial score (nSPS) is 10.8. The molecule has 3 rings (SSSR count). The quantitative estimate of drug-likeness (QED) is 0.340. The van der Waals surface area contributed by atoms with Gasteiger partial charge in [-0.2, -0.15) is 5.10 Å². The number of aryl methyl sites for hydroxylation is 1. The van der Waals surface area contributed by atoms with Crippen LogP contribution in [0.4, 0.5) is 0 Å². The summed E-state index contributed by atoms with van der Waals surface area (Å²) in [5.74, 6) is 0.805. The highest BCUT2D eigenvalue weighted by atomic mass is 79.9. The van der Waals surface area contributed by atoms with Crippen LogP contribution in [0.5, 0.6) is 11.5 Å². The Hall–Kier alpha value is -2.83. The first-order chi connectivity index (χ1) is 14.5. The minimum absolute atomic E-state index is 0.349. The zero-order valence-corrected chi connectivity index (χ0v) is 18.8. The highest BCUT2D eigenvalue weighted by Crippen LogP contribution is 2.37. The number of carbonyl (C=O) groups excluding carboxylic acids is 1. The molecule has 3 aromatic rings. The summed E-state index contributed by atoms with van der Waals surface area (Å²) in [6.07, 6.45) is 1.53. The van der Waals surface area contributed by atoms with Crippen LogP contribution in [-0.4, -0.2) is 19.2 Å². The van der Waals surface area contributed by atoms with Gasteiger partial charge in [0.25, 0.3) is 5.91 Å². The van der Waals surface area contributed by atoms with Crippen molar-refractivity contribution in [1.29, 1.82) is 0 Å². The van der Waals surface area contributed by atoms with Crippen LogP contribution in [0.2, 0.25) is 5.02 Å². The highest BCUT2D eigenvalue weighted by molar-refractivity contribution is 9.10. The predicted molar refractivity (Wildman–Crippen MR) is 123 cm³/mol. The summed E-state index contributed by atoms with van der Waals surface area (Å²) < 4.78 is 12.2. The van der Waals surface area contributed by atoms with Gasteiger partial charge in [-0.3, -0.25) is 4.79 Å². The topological polar surface area (TPSA) is 59.9 Å². The van der Waals surface area contributed by atoms with Gasteiger partial charge in [0.15, 0.2) is 11.5 Å². The number of nitrogens with one attached hydrogen (secondary N) is 1. The summed E-state index contributed by atoms with van der Waals surface area (Å²) in [4.78, 5) is 12.1. The van der Waals surface area contributed by atoms with Gasteiger partial charge >= 0.3 is 0 Å². The first kappa shape index (κ1) is 21.9. The molecule has 7 heteroatoms. The van der Waals surface area contributed by atoms with E-state index in [2.05, 4.69) is 26.5 Å². The molecular weight excluding hydrogens is 468 g/mol. The van der Waals surface area contributed by atoms with E-state index in [9.17, 15) is 4.79 Å². The summed E-state index contributed by atoms with van der Waals surface area (Å²) in [7, 11) is 1.57. The minimum atomic E-state index is -0.349. The number of hydrogen-bond acceptors (Lipinski definition) is 4. The van der Waals surface area contributed by atoms with Gasteiger partial charge in [-0.05, 0) is 69.9 Å². The fraction of sp³-hybridized carbons (Fsp3) is 0.130. The molecule has 1 N–H and O–H groups in total. The van der Waals surface area contributed by atoms with Gasteiger partial charge in [-0.1, -0.05) is 41.9 Å². The monoisotopic (exact) mass is 486 g/mol. The van der Waals surface area contributed by atoms with E-state index in [1.807, 2.05) is 37.3 Å². The number of rotatable bonds is 7. The Kier molecular flexibility index (Phi) is 7.49. The van der Waals surface area contributed by atoms with Gasteiger partial charge in [0, 0.05) is 10.6 Å². The average Bonchev–Trinajstić information content (AvgIpc) is 2.73. The second-order valence-electron chi connectivity index (χ2n) is 6.46. The van der Waals surface area contributed by atoms with Gasteiger partial charge < -0.3 is 9.47 Å². The first-order valence-electron chi connectivity index (χ1n) is 9.11. The number of hydrazone groups is 1. The van der Waals surface area contributed by atoms with E-state index < -0.39 is 0 Å². The minimum Gasteiger partial charge on any atom is -0.493 e. The molecule has 0 aromatic heterocycles. The Balaban J connectivity index is 1.71. The van der Waals surface area contributed by atoms with E-state index in [0.29, 0.717) is 28.7 Å². The molecule has 0 spiro atoms. The van der Waals surface area contributed by atoms with Crippen LogP contribution < -0.4 is 14.9 Å². The van der Waals surface area contributed by atoms with Crippen molar-refractivity contribution in [3.63, 3.8) is 0 Å². The van der Waals surface area contributed by atoms with Crippen molar-refractivity contribution in [3.8, 4) is 11.5 Å². The van der Waals surface area contributed by atoms with Crippen LogP contribution in [-0.2, 0) is 6.61 Å². The third-order valence-corrected chi connectivity index (χ3v) is 5.18. The molecule has 0 bridgehead atoms.